The maximum atomic E-state index is 6.38. The van der Waals surface area contributed by atoms with Crippen LogP contribution in [0.1, 0.15) is 16.7 Å². The zero-order valence-electron chi connectivity index (χ0n) is 14.8. The zero-order valence-corrected chi connectivity index (χ0v) is 16.3. The van der Waals surface area contributed by atoms with Crippen LogP contribution in [0.15, 0.2) is 79.0 Å². The highest BCUT2D eigenvalue weighted by atomic mass is 35.5. The Bertz CT molecular complexity index is 1030. The number of fused-ring (bicyclic) bond motifs is 1. The van der Waals surface area contributed by atoms with E-state index in [0.29, 0.717) is 16.6 Å². The first-order valence-electron chi connectivity index (χ1n) is 8.96. The number of hydrogen-bond acceptors (Lipinski definition) is 1. The Hall–Kier alpha value is -2.26. The van der Waals surface area contributed by atoms with E-state index in [4.69, 9.17) is 23.2 Å². The fourth-order valence-electron chi connectivity index (χ4n) is 3.39. The first-order chi connectivity index (χ1) is 13.2. The topological polar surface area (TPSA) is 17.0 Å². The summed E-state index contributed by atoms with van der Waals surface area (Å²) in [7, 11) is 0. The van der Waals surface area contributed by atoms with Gasteiger partial charge in [-0.3, -0.25) is 0 Å². The van der Waals surface area contributed by atoms with Gasteiger partial charge in [-0.25, -0.2) is 0 Å². The summed E-state index contributed by atoms with van der Waals surface area (Å²) < 4.78 is 2.22. The van der Waals surface area contributed by atoms with Gasteiger partial charge in [-0.15, -0.1) is 0 Å². The molecule has 136 valence electrons. The second-order valence-corrected chi connectivity index (χ2v) is 7.40. The van der Waals surface area contributed by atoms with Crippen LogP contribution < -0.4 is 5.32 Å². The van der Waals surface area contributed by atoms with Gasteiger partial charge in [0.25, 0.3) is 0 Å². The molecule has 0 amide bonds. The molecule has 0 unspecified atom stereocenters. The Morgan fingerprint density at radius 1 is 0.741 bits per heavy atom. The average Bonchev–Trinajstić information content (AvgIpc) is 3.04. The van der Waals surface area contributed by atoms with E-state index in [1.54, 1.807) is 0 Å². The molecule has 0 spiro atoms. The van der Waals surface area contributed by atoms with Crippen molar-refractivity contribution >= 4 is 34.1 Å². The summed E-state index contributed by atoms with van der Waals surface area (Å²) in [5.41, 5.74) is 4.68. The number of benzene rings is 3. The van der Waals surface area contributed by atoms with Crippen molar-refractivity contribution in [3.63, 3.8) is 0 Å². The lowest BCUT2D eigenvalue weighted by Crippen LogP contribution is -2.12. The molecule has 4 rings (SSSR count). The fourth-order valence-corrected chi connectivity index (χ4v) is 3.90. The van der Waals surface area contributed by atoms with Crippen LogP contribution in [0, 0.1) is 0 Å². The summed E-state index contributed by atoms with van der Waals surface area (Å²) in [6.45, 7) is 2.30. The molecule has 0 saturated carbocycles. The van der Waals surface area contributed by atoms with Crippen molar-refractivity contribution in [1.29, 1.82) is 0 Å². The molecule has 27 heavy (non-hydrogen) atoms. The summed E-state index contributed by atoms with van der Waals surface area (Å²) >= 11 is 12.8. The second-order valence-electron chi connectivity index (χ2n) is 6.59. The number of para-hydroxylation sites is 1. The van der Waals surface area contributed by atoms with Gasteiger partial charge in [0.15, 0.2) is 0 Å². The predicted octanol–water partition coefficient (Wildman–Crippen LogP) is 6.29. The summed E-state index contributed by atoms with van der Waals surface area (Å²) in [5.74, 6) is 0. The van der Waals surface area contributed by atoms with E-state index in [1.807, 2.05) is 24.3 Å². The second kappa shape index (κ2) is 8.18. The molecule has 0 bridgehead atoms. The molecule has 1 aromatic heterocycles. The first-order valence-corrected chi connectivity index (χ1v) is 9.72. The minimum Gasteiger partial charge on any atom is -0.343 e. The number of halogens is 2. The monoisotopic (exact) mass is 394 g/mol. The highest BCUT2D eigenvalue weighted by Crippen LogP contribution is 2.28. The molecule has 0 aliphatic heterocycles. The van der Waals surface area contributed by atoms with Crippen molar-refractivity contribution in [3.8, 4) is 0 Å². The van der Waals surface area contributed by atoms with Crippen LogP contribution in [0.25, 0.3) is 10.9 Å². The Morgan fingerprint density at radius 2 is 1.44 bits per heavy atom. The Morgan fingerprint density at radius 3 is 2.22 bits per heavy atom. The van der Waals surface area contributed by atoms with Gasteiger partial charge in [-0.05, 0) is 29.3 Å². The van der Waals surface area contributed by atoms with Crippen molar-refractivity contribution in [2.24, 2.45) is 0 Å². The number of nitrogens with zero attached hydrogens (tertiary/aromatic N) is 1. The molecular formula is C23H20Cl2N2. The zero-order chi connectivity index (χ0) is 18.6. The summed E-state index contributed by atoms with van der Waals surface area (Å²) in [6, 6.07) is 24.5. The smallest absolute Gasteiger partial charge is 0.0505 e. The van der Waals surface area contributed by atoms with Crippen LogP contribution in [0.2, 0.25) is 10.0 Å². The maximum Gasteiger partial charge on any atom is 0.0505 e. The number of nitrogens with one attached hydrogen (secondary N) is 1. The van der Waals surface area contributed by atoms with Crippen molar-refractivity contribution in [1.82, 2.24) is 9.88 Å². The largest absolute Gasteiger partial charge is 0.343 e. The third kappa shape index (κ3) is 4.03. The van der Waals surface area contributed by atoms with Gasteiger partial charge in [0.2, 0.25) is 0 Å². The third-order valence-electron chi connectivity index (χ3n) is 4.75. The predicted molar refractivity (Wildman–Crippen MR) is 114 cm³/mol. The molecule has 4 heteroatoms. The van der Waals surface area contributed by atoms with E-state index in [0.717, 1.165) is 18.7 Å². The molecule has 0 aliphatic carbocycles. The van der Waals surface area contributed by atoms with Crippen LogP contribution in [-0.4, -0.2) is 4.57 Å². The molecule has 1 N–H and O–H groups in total. The summed E-state index contributed by atoms with van der Waals surface area (Å²) in [5, 5.41) is 6.19. The van der Waals surface area contributed by atoms with E-state index in [9.17, 15) is 0 Å². The van der Waals surface area contributed by atoms with Crippen LogP contribution >= 0.6 is 23.2 Å². The number of hydrogen-bond donors (Lipinski definition) is 1. The van der Waals surface area contributed by atoms with Gasteiger partial charge < -0.3 is 9.88 Å². The number of rotatable bonds is 6. The minimum absolute atomic E-state index is 0.651. The SMILES string of the molecule is Clc1cccc(Cl)c1Cn1cc(CNCc2ccccc2)c2ccccc21. The molecule has 0 fully saturated rings. The molecule has 3 aromatic carbocycles. The Kier molecular flexibility index (Phi) is 5.49. The summed E-state index contributed by atoms with van der Waals surface area (Å²) in [4.78, 5) is 0. The molecular weight excluding hydrogens is 375 g/mol. The van der Waals surface area contributed by atoms with Gasteiger partial charge in [0.05, 0.1) is 6.54 Å². The quantitative estimate of drug-likeness (QED) is 0.406. The van der Waals surface area contributed by atoms with Gasteiger partial charge in [0.1, 0.15) is 0 Å². The lowest BCUT2D eigenvalue weighted by Gasteiger charge is -2.09. The van der Waals surface area contributed by atoms with E-state index in [2.05, 4.69) is 64.6 Å². The van der Waals surface area contributed by atoms with Crippen molar-refractivity contribution < 1.29 is 0 Å². The van der Waals surface area contributed by atoms with Gasteiger partial charge in [-0.2, -0.15) is 0 Å². The van der Waals surface area contributed by atoms with Gasteiger partial charge in [-0.1, -0.05) is 77.8 Å². The van der Waals surface area contributed by atoms with E-state index >= 15 is 0 Å². The van der Waals surface area contributed by atoms with Gasteiger partial charge >= 0.3 is 0 Å². The van der Waals surface area contributed by atoms with E-state index < -0.39 is 0 Å². The lowest BCUT2D eigenvalue weighted by molar-refractivity contribution is 0.692. The minimum atomic E-state index is 0.651. The molecule has 0 aliphatic rings. The van der Waals surface area contributed by atoms with E-state index in [1.165, 1.54) is 22.0 Å². The van der Waals surface area contributed by atoms with Gasteiger partial charge in [0, 0.05) is 45.8 Å². The molecule has 4 aromatic rings. The first kappa shape index (κ1) is 18.1. The van der Waals surface area contributed by atoms with Crippen LogP contribution in [-0.2, 0) is 19.6 Å². The Balaban J connectivity index is 1.59. The molecule has 1 heterocycles. The third-order valence-corrected chi connectivity index (χ3v) is 5.46. The van der Waals surface area contributed by atoms with Crippen LogP contribution in [0.5, 0.6) is 0 Å². The normalized spacial score (nSPS) is 11.2. The van der Waals surface area contributed by atoms with Crippen molar-refractivity contribution in [2.75, 3.05) is 0 Å². The molecule has 0 saturated heterocycles. The van der Waals surface area contributed by atoms with Crippen LogP contribution in [0.3, 0.4) is 0 Å². The van der Waals surface area contributed by atoms with Crippen LogP contribution in [0.4, 0.5) is 0 Å². The highest BCUT2D eigenvalue weighted by Gasteiger charge is 2.11. The lowest BCUT2D eigenvalue weighted by atomic mass is 10.1. The number of aromatic nitrogens is 1. The van der Waals surface area contributed by atoms with E-state index in [-0.39, 0.29) is 0 Å². The molecule has 0 radical (unpaired) electrons. The molecule has 2 nitrogen and oxygen atoms in total. The molecule has 0 atom stereocenters. The average molecular weight is 395 g/mol. The Labute approximate surface area is 169 Å². The fraction of sp³-hybridized carbons (Fsp3) is 0.130. The standard InChI is InChI=1S/C23H20Cl2N2/c24-21-10-6-11-22(25)20(21)16-27-15-18(19-9-4-5-12-23(19)27)14-26-13-17-7-2-1-3-8-17/h1-12,15,26H,13-14,16H2. The summed E-state index contributed by atoms with van der Waals surface area (Å²) in [6.07, 6.45) is 2.20. The highest BCUT2D eigenvalue weighted by molar-refractivity contribution is 6.36. The van der Waals surface area contributed by atoms with Crippen molar-refractivity contribution in [3.05, 3.63) is 106 Å². The maximum absolute atomic E-state index is 6.38. The van der Waals surface area contributed by atoms with Crippen molar-refractivity contribution in [2.45, 2.75) is 19.6 Å².